The summed E-state index contributed by atoms with van der Waals surface area (Å²) < 4.78 is 17.1. The minimum atomic E-state index is -0.506. The molecular formula is C19H16N2O4S. The number of furan rings is 1. The maximum Gasteiger partial charge on any atom is 0.376 e. The van der Waals surface area contributed by atoms with Crippen LogP contribution in [0.1, 0.15) is 17.5 Å². The highest BCUT2D eigenvalue weighted by molar-refractivity contribution is 7.22. The molecule has 0 unspecified atom stereocenters. The number of esters is 1. The molecule has 0 aliphatic heterocycles. The first-order chi connectivity index (χ1) is 12.7. The van der Waals surface area contributed by atoms with Gasteiger partial charge in [-0.1, -0.05) is 23.5 Å². The Balaban J connectivity index is 1.78. The molecule has 2 heterocycles. The molecule has 4 aromatic rings. The van der Waals surface area contributed by atoms with Crippen LogP contribution in [0.4, 0.5) is 10.8 Å². The van der Waals surface area contributed by atoms with Crippen LogP contribution in [-0.4, -0.2) is 24.7 Å². The van der Waals surface area contributed by atoms with Crippen LogP contribution in [0.5, 0.6) is 5.75 Å². The largest absolute Gasteiger partial charge is 0.497 e. The zero-order valence-electron chi connectivity index (χ0n) is 14.2. The van der Waals surface area contributed by atoms with Gasteiger partial charge in [-0.2, -0.15) is 0 Å². The summed E-state index contributed by atoms with van der Waals surface area (Å²) in [5, 5.41) is 4.69. The number of thiazole rings is 1. The molecule has 0 atom stereocenters. The highest BCUT2D eigenvalue weighted by Crippen LogP contribution is 2.36. The molecule has 6 nitrogen and oxygen atoms in total. The Bertz CT molecular complexity index is 1100. The first kappa shape index (κ1) is 16.4. The molecule has 26 heavy (non-hydrogen) atoms. The van der Waals surface area contributed by atoms with Gasteiger partial charge in [0.25, 0.3) is 0 Å². The van der Waals surface area contributed by atoms with Crippen LogP contribution < -0.4 is 10.1 Å². The number of aromatic nitrogens is 1. The summed E-state index contributed by atoms with van der Waals surface area (Å²) >= 11 is 1.47. The molecule has 0 spiro atoms. The zero-order chi connectivity index (χ0) is 18.1. The van der Waals surface area contributed by atoms with E-state index in [4.69, 9.17) is 13.9 Å². The standard InChI is InChI=1S/C19H16N2O4S/c1-3-24-18(22)17-16(12-6-4-5-7-14(12)25-17)21-19-20-13-9-8-11(23-2)10-15(13)26-19/h4-10H,3H2,1-2H3,(H,20,21). The summed E-state index contributed by atoms with van der Waals surface area (Å²) in [6, 6.07) is 13.1. The number of para-hydroxylation sites is 1. The van der Waals surface area contributed by atoms with Crippen LogP contribution in [0.3, 0.4) is 0 Å². The minimum Gasteiger partial charge on any atom is -0.497 e. The maximum atomic E-state index is 12.3. The highest BCUT2D eigenvalue weighted by atomic mass is 32.1. The van der Waals surface area contributed by atoms with Gasteiger partial charge in [0.1, 0.15) is 17.0 Å². The molecule has 4 rings (SSSR count). The monoisotopic (exact) mass is 368 g/mol. The van der Waals surface area contributed by atoms with Gasteiger partial charge in [0.15, 0.2) is 5.13 Å². The molecule has 0 amide bonds. The number of rotatable bonds is 5. The van der Waals surface area contributed by atoms with Gasteiger partial charge >= 0.3 is 5.97 Å². The van der Waals surface area contributed by atoms with Crippen LogP contribution in [-0.2, 0) is 4.74 Å². The van der Waals surface area contributed by atoms with Crippen molar-refractivity contribution < 1.29 is 18.7 Å². The smallest absolute Gasteiger partial charge is 0.376 e. The topological polar surface area (TPSA) is 73.6 Å². The van der Waals surface area contributed by atoms with E-state index in [1.807, 2.05) is 42.5 Å². The summed E-state index contributed by atoms with van der Waals surface area (Å²) in [6.45, 7) is 2.03. The lowest BCUT2D eigenvalue weighted by atomic mass is 10.2. The Morgan fingerprint density at radius 3 is 2.92 bits per heavy atom. The number of carbonyl (C=O) groups excluding carboxylic acids is 1. The Labute approximate surface area is 153 Å². The van der Waals surface area contributed by atoms with E-state index in [2.05, 4.69) is 10.3 Å². The molecule has 0 bridgehead atoms. The third-order valence-electron chi connectivity index (χ3n) is 3.88. The quantitative estimate of drug-likeness (QED) is 0.501. The van der Waals surface area contributed by atoms with Crippen LogP contribution in [0.25, 0.3) is 21.2 Å². The van der Waals surface area contributed by atoms with Gasteiger partial charge in [-0.25, -0.2) is 9.78 Å². The first-order valence-corrected chi connectivity index (χ1v) is 8.91. The normalized spacial score (nSPS) is 11.0. The van der Waals surface area contributed by atoms with E-state index in [1.165, 1.54) is 11.3 Å². The molecule has 0 fully saturated rings. The lowest BCUT2D eigenvalue weighted by Crippen LogP contribution is -2.05. The van der Waals surface area contributed by atoms with Crippen molar-refractivity contribution in [3.05, 3.63) is 48.2 Å². The number of hydrogen-bond donors (Lipinski definition) is 1. The molecule has 7 heteroatoms. The van der Waals surface area contributed by atoms with Crippen LogP contribution in [0, 0.1) is 0 Å². The predicted molar refractivity (Wildman–Crippen MR) is 102 cm³/mol. The second-order valence-corrected chi connectivity index (χ2v) is 6.53. The van der Waals surface area contributed by atoms with E-state index in [0.717, 1.165) is 21.4 Å². The van der Waals surface area contributed by atoms with Gasteiger partial charge in [-0.15, -0.1) is 0 Å². The summed E-state index contributed by atoms with van der Waals surface area (Å²) in [5.41, 5.74) is 2.02. The number of nitrogens with one attached hydrogen (secondary N) is 1. The van der Waals surface area contributed by atoms with Gasteiger partial charge in [0.2, 0.25) is 5.76 Å². The fourth-order valence-corrected chi connectivity index (χ4v) is 3.60. The van der Waals surface area contributed by atoms with Crippen molar-refractivity contribution in [2.75, 3.05) is 19.0 Å². The molecular weight excluding hydrogens is 352 g/mol. The summed E-state index contributed by atoms with van der Waals surface area (Å²) in [6.07, 6.45) is 0. The van der Waals surface area contributed by atoms with E-state index in [1.54, 1.807) is 14.0 Å². The Hall–Kier alpha value is -3.06. The van der Waals surface area contributed by atoms with Crippen LogP contribution in [0.2, 0.25) is 0 Å². The first-order valence-electron chi connectivity index (χ1n) is 8.10. The fraction of sp³-hybridized carbons (Fsp3) is 0.158. The van der Waals surface area contributed by atoms with E-state index in [-0.39, 0.29) is 12.4 Å². The molecule has 0 aliphatic carbocycles. The van der Waals surface area contributed by atoms with Crippen molar-refractivity contribution in [2.45, 2.75) is 6.92 Å². The van der Waals surface area contributed by atoms with E-state index >= 15 is 0 Å². The number of methoxy groups -OCH3 is 1. The van der Waals surface area contributed by atoms with Crippen molar-refractivity contribution in [1.29, 1.82) is 0 Å². The van der Waals surface area contributed by atoms with Gasteiger partial charge in [0.05, 0.1) is 23.9 Å². The molecule has 0 saturated heterocycles. The van der Waals surface area contributed by atoms with Crippen LogP contribution >= 0.6 is 11.3 Å². The Morgan fingerprint density at radius 2 is 2.12 bits per heavy atom. The van der Waals surface area contributed by atoms with E-state index in [0.29, 0.717) is 16.4 Å². The molecule has 0 saturated carbocycles. The Morgan fingerprint density at radius 1 is 1.27 bits per heavy atom. The number of ether oxygens (including phenoxy) is 2. The van der Waals surface area contributed by atoms with Crippen LogP contribution in [0.15, 0.2) is 46.9 Å². The van der Waals surface area contributed by atoms with Crippen molar-refractivity contribution in [1.82, 2.24) is 4.98 Å². The third-order valence-corrected chi connectivity index (χ3v) is 4.82. The number of anilines is 2. The second kappa shape index (κ2) is 6.68. The van der Waals surface area contributed by atoms with Crippen molar-refractivity contribution in [3.63, 3.8) is 0 Å². The lowest BCUT2D eigenvalue weighted by molar-refractivity contribution is 0.0494. The molecule has 1 N–H and O–H groups in total. The summed E-state index contributed by atoms with van der Waals surface area (Å²) in [7, 11) is 1.63. The van der Waals surface area contributed by atoms with Gasteiger partial charge in [-0.3, -0.25) is 0 Å². The molecule has 2 aromatic heterocycles. The zero-order valence-corrected chi connectivity index (χ0v) is 15.1. The SMILES string of the molecule is CCOC(=O)c1oc2ccccc2c1Nc1nc2ccc(OC)cc2s1. The predicted octanol–water partition coefficient (Wildman–Crippen LogP) is 4.97. The average Bonchev–Trinajstić information content (AvgIpc) is 3.22. The highest BCUT2D eigenvalue weighted by Gasteiger charge is 2.22. The van der Waals surface area contributed by atoms with Crippen molar-refractivity contribution in [2.24, 2.45) is 0 Å². The van der Waals surface area contributed by atoms with Gasteiger partial charge in [0, 0.05) is 5.39 Å². The number of nitrogens with zero attached hydrogens (tertiary/aromatic N) is 1. The fourth-order valence-electron chi connectivity index (χ4n) is 2.70. The average molecular weight is 368 g/mol. The summed E-state index contributed by atoms with van der Waals surface area (Å²) in [4.78, 5) is 16.9. The summed E-state index contributed by atoms with van der Waals surface area (Å²) in [5.74, 6) is 0.410. The number of carbonyl (C=O) groups is 1. The second-order valence-electron chi connectivity index (χ2n) is 5.50. The molecule has 0 radical (unpaired) electrons. The van der Waals surface area contributed by atoms with E-state index in [9.17, 15) is 4.79 Å². The molecule has 0 aliphatic rings. The third kappa shape index (κ3) is 2.86. The number of fused-ring (bicyclic) bond motifs is 2. The number of hydrogen-bond acceptors (Lipinski definition) is 7. The number of benzene rings is 2. The van der Waals surface area contributed by atoms with E-state index < -0.39 is 5.97 Å². The minimum absolute atomic E-state index is 0.143. The Kier molecular flexibility index (Phi) is 4.22. The maximum absolute atomic E-state index is 12.3. The van der Waals surface area contributed by atoms with Crippen molar-refractivity contribution in [3.8, 4) is 5.75 Å². The van der Waals surface area contributed by atoms with Crippen molar-refractivity contribution >= 4 is 49.3 Å². The molecule has 2 aromatic carbocycles. The lowest BCUT2D eigenvalue weighted by Gasteiger charge is -2.03. The van der Waals surface area contributed by atoms with Gasteiger partial charge in [-0.05, 0) is 37.3 Å². The van der Waals surface area contributed by atoms with Gasteiger partial charge < -0.3 is 19.2 Å². The molecule has 132 valence electrons.